The van der Waals surface area contributed by atoms with Crippen molar-refractivity contribution in [1.82, 2.24) is 20.8 Å². The third-order valence-corrected chi connectivity index (χ3v) is 3.15. The lowest BCUT2D eigenvalue weighted by Crippen LogP contribution is -2.44. The fourth-order valence-electron chi connectivity index (χ4n) is 2.08. The van der Waals surface area contributed by atoms with Gasteiger partial charge in [0.15, 0.2) is 11.8 Å². The molecule has 8 nitrogen and oxygen atoms in total. The molecule has 23 heavy (non-hydrogen) atoms. The Bertz CT molecular complexity index is 477. The van der Waals surface area contributed by atoms with E-state index in [0.29, 0.717) is 37.4 Å². The van der Waals surface area contributed by atoms with Crippen LogP contribution in [0.5, 0.6) is 0 Å². The summed E-state index contributed by atoms with van der Waals surface area (Å²) in [5.41, 5.74) is 0. The van der Waals surface area contributed by atoms with Crippen LogP contribution in [0, 0.1) is 6.92 Å². The van der Waals surface area contributed by atoms with E-state index in [2.05, 4.69) is 32.7 Å². The zero-order valence-corrected chi connectivity index (χ0v) is 16.2. The van der Waals surface area contributed by atoms with Gasteiger partial charge in [-0.15, -0.1) is 24.0 Å². The molecule has 2 unspecified atom stereocenters. The van der Waals surface area contributed by atoms with Crippen molar-refractivity contribution in [3.63, 3.8) is 0 Å². The lowest BCUT2D eigenvalue weighted by atomic mass is 10.3. The van der Waals surface area contributed by atoms with Gasteiger partial charge in [-0.05, 0) is 20.3 Å². The number of rotatable bonds is 7. The number of aromatic nitrogens is 2. The van der Waals surface area contributed by atoms with E-state index in [9.17, 15) is 0 Å². The van der Waals surface area contributed by atoms with E-state index in [1.54, 1.807) is 6.92 Å². The van der Waals surface area contributed by atoms with Crippen LogP contribution in [0.1, 0.15) is 32.0 Å². The van der Waals surface area contributed by atoms with Gasteiger partial charge in [0.25, 0.3) is 0 Å². The Hall–Kier alpha value is -0.940. The van der Waals surface area contributed by atoms with Crippen LogP contribution >= 0.6 is 24.0 Å². The highest BCUT2D eigenvalue weighted by atomic mass is 127. The maximum absolute atomic E-state index is 5.80. The molecule has 0 aliphatic carbocycles. The molecule has 9 heteroatoms. The SMILES string of the molecule is CCNC(=NCc1noc(C)n1)NC(C)COC1CCOC1.I. The minimum Gasteiger partial charge on any atom is -0.379 e. The number of halogens is 1. The van der Waals surface area contributed by atoms with E-state index in [4.69, 9.17) is 14.0 Å². The van der Waals surface area contributed by atoms with Gasteiger partial charge >= 0.3 is 0 Å². The molecule has 2 heterocycles. The normalized spacial score (nSPS) is 19.3. The van der Waals surface area contributed by atoms with Crippen molar-refractivity contribution in [2.45, 2.75) is 45.9 Å². The molecule has 2 rings (SSSR count). The molecule has 1 aromatic heterocycles. The minimum absolute atomic E-state index is 0. The second-order valence-electron chi connectivity index (χ2n) is 5.29. The Morgan fingerprint density at radius 3 is 2.96 bits per heavy atom. The molecule has 0 amide bonds. The summed E-state index contributed by atoms with van der Waals surface area (Å²) in [6.45, 7) is 9.08. The second kappa shape index (κ2) is 10.8. The van der Waals surface area contributed by atoms with E-state index < -0.39 is 0 Å². The first kappa shape index (κ1) is 20.1. The molecule has 1 aromatic rings. The van der Waals surface area contributed by atoms with Gasteiger partial charge in [0.05, 0.1) is 19.3 Å². The third-order valence-electron chi connectivity index (χ3n) is 3.15. The maximum atomic E-state index is 5.80. The molecule has 1 fully saturated rings. The molecule has 0 saturated carbocycles. The molecule has 0 radical (unpaired) electrons. The molecule has 132 valence electrons. The van der Waals surface area contributed by atoms with E-state index in [1.807, 2.05) is 6.92 Å². The zero-order valence-electron chi connectivity index (χ0n) is 13.9. The van der Waals surface area contributed by atoms with Crippen molar-refractivity contribution in [3.8, 4) is 0 Å². The Morgan fingerprint density at radius 2 is 2.35 bits per heavy atom. The van der Waals surface area contributed by atoms with Crippen molar-refractivity contribution < 1.29 is 14.0 Å². The van der Waals surface area contributed by atoms with Crippen LogP contribution in [0.15, 0.2) is 9.52 Å². The highest BCUT2D eigenvalue weighted by molar-refractivity contribution is 14.0. The second-order valence-corrected chi connectivity index (χ2v) is 5.29. The number of guanidine groups is 1. The lowest BCUT2D eigenvalue weighted by molar-refractivity contribution is 0.0347. The average molecular weight is 439 g/mol. The molecule has 1 aliphatic heterocycles. The summed E-state index contributed by atoms with van der Waals surface area (Å²) in [5, 5.41) is 10.3. The summed E-state index contributed by atoms with van der Waals surface area (Å²) in [4.78, 5) is 8.58. The predicted octanol–water partition coefficient (Wildman–Crippen LogP) is 1.25. The number of aryl methyl sites for hydroxylation is 1. The van der Waals surface area contributed by atoms with E-state index in [0.717, 1.165) is 19.6 Å². The van der Waals surface area contributed by atoms with Crippen LogP contribution in [0.2, 0.25) is 0 Å². The van der Waals surface area contributed by atoms with Crippen molar-refractivity contribution in [3.05, 3.63) is 11.7 Å². The minimum atomic E-state index is 0. The van der Waals surface area contributed by atoms with Gasteiger partial charge in [-0.3, -0.25) is 0 Å². The van der Waals surface area contributed by atoms with Gasteiger partial charge in [-0.25, -0.2) is 4.99 Å². The summed E-state index contributed by atoms with van der Waals surface area (Å²) in [5.74, 6) is 1.83. The molecular formula is C14H26IN5O3. The molecule has 0 spiro atoms. The maximum Gasteiger partial charge on any atom is 0.223 e. The van der Waals surface area contributed by atoms with Gasteiger partial charge in [0, 0.05) is 26.1 Å². The Labute approximate surface area is 153 Å². The first-order valence-electron chi connectivity index (χ1n) is 7.70. The molecule has 0 aromatic carbocycles. The van der Waals surface area contributed by atoms with E-state index >= 15 is 0 Å². The molecule has 2 atom stereocenters. The summed E-state index contributed by atoms with van der Waals surface area (Å²) < 4.78 is 16.0. The zero-order chi connectivity index (χ0) is 15.8. The van der Waals surface area contributed by atoms with Crippen molar-refractivity contribution in [1.29, 1.82) is 0 Å². The molecule has 1 saturated heterocycles. The summed E-state index contributed by atoms with van der Waals surface area (Å²) in [7, 11) is 0. The number of nitrogens with zero attached hydrogens (tertiary/aromatic N) is 3. The van der Waals surface area contributed by atoms with Crippen LogP contribution in [-0.2, 0) is 16.0 Å². The molecular weight excluding hydrogens is 413 g/mol. The van der Waals surface area contributed by atoms with Crippen molar-refractivity contribution >= 4 is 29.9 Å². The number of nitrogens with one attached hydrogen (secondary N) is 2. The first-order valence-corrected chi connectivity index (χ1v) is 7.70. The monoisotopic (exact) mass is 439 g/mol. The third kappa shape index (κ3) is 7.44. The Balaban J connectivity index is 0.00000264. The highest BCUT2D eigenvalue weighted by Crippen LogP contribution is 2.08. The van der Waals surface area contributed by atoms with Gasteiger partial charge in [-0.1, -0.05) is 5.16 Å². The first-order chi connectivity index (χ1) is 10.7. The fourth-order valence-corrected chi connectivity index (χ4v) is 2.08. The van der Waals surface area contributed by atoms with Crippen LogP contribution in [0.3, 0.4) is 0 Å². The van der Waals surface area contributed by atoms with Crippen LogP contribution in [0.4, 0.5) is 0 Å². The van der Waals surface area contributed by atoms with E-state index in [1.165, 1.54) is 0 Å². The fraction of sp³-hybridized carbons (Fsp3) is 0.786. The quantitative estimate of drug-likeness (QED) is 0.375. The van der Waals surface area contributed by atoms with E-state index in [-0.39, 0.29) is 36.1 Å². The molecule has 1 aliphatic rings. The van der Waals surface area contributed by atoms with Crippen LogP contribution < -0.4 is 10.6 Å². The van der Waals surface area contributed by atoms with Crippen molar-refractivity contribution in [2.24, 2.45) is 4.99 Å². The number of ether oxygens (including phenoxy) is 2. The Morgan fingerprint density at radius 1 is 1.52 bits per heavy atom. The number of aliphatic imine (C=N–C) groups is 1. The van der Waals surface area contributed by atoms with Gasteiger partial charge in [-0.2, -0.15) is 4.98 Å². The predicted molar refractivity (Wildman–Crippen MR) is 97.0 cm³/mol. The topological polar surface area (TPSA) is 93.8 Å². The van der Waals surface area contributed by atoms with Crippen LogP contribution in [-0.4, -0.2) is 54.6 Å². The summed E-state index contributed by atoms with van der Waals surface area (Å²) >= 11 is 0. The van der Waals surface area contributed by atoms with Gasteiger partial charge in [0.2, 0.25) is 5.89 Å². The van der Waals surface area contributed by atoms with Gasteiger partial charge in [0.1, 0.15) is 6.54 Å². The Kier molecular flexibility index (Phi) is 9.41. The summed E-state index contributed by atoms with van der Waals surface area (Å²) in [6, 6.07) is 0.144. The largest absolute Gasteiger partial charge is 0.379 e. The van der Waals surface area contributed by atoms with Gasteiger partial charge < -0.3 is 24.6 Å². The number of hydrogen-bond acceptors (Lipinski definition) is 6. The standard InChI is InChI=1S/C14H25N5O3.HI/c1-4-15-14(16-7-13-18-11(3)22-19-13)17-10(2)8-21-12-5-6-20-9-12;/h10,12H,4-9H2,1-3H3,(H2,15,16,17);1H. The molecule has 0 bridgehead atoms. The van der Waals surface area contributed by atoms with Crippen molar-refractivity contribution in [2.75, 3.05) is 26.4 Å². The van der Waals surface area contributed by atoms with Crippen LogP contribution in [0.25, 0.3) is 0 Å². The highest BCUT2D eigenvalue weighted by Gasteiger charge is 2.17. The smallest absolute Gasteiger partial charge is 0.223 e. The lowest BCUT2D eigenvalue weighted by Gasteiger charge is -2.19. The summed E-state index contributed by atoms with van der Waals surface area (Å²) in [6.07, 6.45) is 1.18. The average Bonchev–Trinajstić information content (AvgIpc) is 3.14. The number of hydrogen-bond donors (Lipinski definition) is 2. The molecule has 2 N–H and O–H groups in total.